The van der Waals surface area contributed by atoms with Crippen molar-refractivity contribution in [2.75, 3.05) is 19.6 Å². The first kappa shape index (κ1) is 16.9. The second-order valence-corrected chi connectivity index (χ2v) is 5.39. The van der Waals surface area contributed by atoms with Crippen molar-refractivity contribution in [3.63, 3.8) is 0 Å². The molecule has 124 valence electrons. The highest BCUT2D eigenvalue weighted by Crippen LogP contribution is 2.15. The molecule has 1 aromatic carbocycles. The van der Waals surface area contributed by atoms with E-state index in [0.717, 1.165) is 25.9 Å². The number of nitro benzene ring substituents is 1. The smallest absolute Gasteiger partial charge is 0.321 e. The summed E-state index contributed by atoms with van der Waals surface area (Å²) in [6, 6.07) is 4.83. The minimum atomic E-state index is -0.587. The predicted octanol–water partition coefficient (Wildman–Crippen LogP) is 1.52. The Bertz CT molecular complexity index is 588. The molecule has 23 heavy (non-hydrogen) atoms. The lowest BCUT2D eigenvalue weighted by molar-refractivity contribution is -0.384. The van der Waals surface area contributed by atoms with Crippen molar-refractivity contribution >= 4 is 17.6 Å². The number of hydrogen-bond acceptors (Lipinski definition) is 5. The number of non-ortho nitro benzene ring substituents is 1. The molecule has 1 heterocycles. The normalized spacial score (nSPS) is 17.7. The first-order chi connectivity index (χ1) is 11.0. The lowest BCUT2D eigenvalue weighted by Gasteiger charge is -2.22. The van der Waals surface area contributed by atoms with E-state index in [9.17, 15) is 19.7 Å². The Morgan fingerprint density at radius 2 is 2.04 bits per heavy atom. The summed E-state index contributed by atoms with van der Waals surface area (Å²) in [6.07, 6.45) is 2.15. The van der Waals surface area contributed by atoms with Gasteiger partial charge in [0.2, 0.25) is 0 Å². The number of amides is 3. The molecule has 1 aliphatic heterocycles. The molecule has 0 spiro atoms. The summed E-state index contributed by atoms with van der Waals surface area (Å²) in [4.78, 5) is 36.0. The zero-order valence-corrected chi connectivity index (χ0v) is 12.9. The highest BCUT2D eigenvalue weighted by molar-refractivity contribution is 6.04. The van der Waals surface area contributed by atoms with E-state index >= 15 is 0 Å². The zero-order chi connectivity index (χ0) is 16.8. The molecular formula is C15H20N4O4. The molecule has 0 bridgehead atoms. The van der Waals surface area contributed by atoms with Gasteiger partial charge in [0.05, 0.1) is 4.92 Å². The van der Waals surface area contributed by atoms with Gasteiger partial charge in [-0.2, -0.15) is 0 Å². The van der Waals surface area contributed by atoms with Gasteiger partial charge in [-0.3, -0.25) is 25.1 Å². The maximum absolute atomic E-state index is 11.9. The predicted molar refractivity (Wildman–Crippen MR) is 84.2 cm³/mol. The molecule has 0 saturated carbocycles. The molecule has 8 nitrogen and oxygen atoms in total. The number of hydrogen-bond donors (Lipinski definition) is 2. The Kier molecular flexibility index (Phi) is 5.64. The highest BCUT2D eigenvalue weighted by atomic mass is 16.6. The first-order valence-corrected chi connectivity index (χ1v) is 7.59. The van der Waals surface area contributed by atoms with E-state index in [0.29, 0.717) is 12.6 Å². The van der Waals surface area contributed by atoms with Crippen molar-refractivity contribution in [3.05, 3.63) is 39.9 Å². The zero-order valence-electron chi connectivity index (χ0n) is 12.9. The van der Waals surface area contributed by atoms with Gasteiger partial charge in [-0.1, -0.05) is 6.92 Å². The van der Waals surface area contributed by atoms with Gasteiger partial charge >= 0.3 is 6.03 Å². The van der Waals surface area contributed by atoms with E-state index in [1.165, 1.54) is 24.3 Å². The van der Waals surface area contributed by atoms with E-state index in [1.807, 2.05) is 0 Å². The van der Waals surface area contributed by atoms with E-state index in [-0.39, 0.29) is 11.3 Å². The molecule has 1 saturated heterocycles. The summed E-state index contributed by atoms with van der Waals surface area (Å²) < 4.78 is 0. The molecule has 2 rings (SSSR count). The molecule has 1 aromatic rings. The molecule has 3 amide bonds. The van der Waals surface area contributed by atoms with Crippen LogP contribution < -0.4 is 10.6 Å². The Morgan fingerprint density at radius 3 is 2.65 bits per heavy atom. The standard InChI is InChI=1S/C15H20N4O4/c1-2-18-9-3-4-13(18)10-16-15(21)17-14(20)11-5-7-12(8-6-11)19(22)23/h5-8,13H,2-4,9-10H2,1H3,(H2,16,17,20,21)/t13-/m1/s1. The van der Waals surface area contributed by atoms with Crippen LogP contribution in [-0.4, -0.2) is 47.4 Å². The lowest BCUT2D eigenvalue weighted by Crippen LogP contribution is -2.45. The molecule has 1 atom stereocenters. The minimum absolute atomic E-state index is 0.105. The van der Waals surface area contributed by atoms with Gasteiger partial charge in [0, 0.05) is 30.3 Å². The van der Waals surface area contributed by atoms with Crippen molar-refractivity contribution in [2.45, 2.75) is 25.8 Å². The summed E-state index contributed by atoms with van der Waals surface area (Å²) in [5, 5.41) is 15.5. The van der Waals surface area contributed by atoms with Gasteiger partial charge < -0.3 is 5.32 Å². The van der Waals surface area contributed by atoms with Gasteiger partial charge in [0.1, 0.15) is 0 Å². The van der Waals surface area contributed by atoms with E-state index in [4.69, 9.17) is 0 Å². The maximum Gasteiger partial charge on any atom is 0.321 e. The minimum Gasteiger partial charge on any atom is -0.336 e. The monoisotopic (exact) mass is 320 g/mol. The number of nitrogens with zero attached hydrogens (tertiary/aromatic N) is 2. The number of likely N-dealkylation sites (N-methyl/N-ethyl adjacent to an activating group) is 1. The van der Waals surface area contributed by atoms with Gasteiger partial charge in [0.25, 0.3) is 11.6 Å². The van der Waals surface area contributed by atoms with Crippen LogP contribution in [0.25, 0.3) is 0 Å². The van der Waals surface area contributed by atoms with E-state index < -0.39 is 16.9 Å². The summed E-state index contributed by atoms with van der Waals surface area (Å²) in [6.45, 7) is 4.55. The van der Waals surface area contributed by atoms with Crippen molar-refractivity contribution in [2.24, 2.45) is 0 Å². The lowest BCUT2D eigenvalue weighted by atomic mass is 10.2. The fourth-order valence-electron chi connectivity index (χ4n) is 2.71. The summed E-state index contributed by atoms with van der Waals surface area (Å²) in [5.41, 5.74) is 0.0914. The fraction of sp³-hybridized carbons (Fsp3) is 0.467. The van der Waals surface area contributed by atoms with Crippen molar-refractivity contribution in [1.82, 2.24) is 15.5 Å². The van der Waals surface area contributed by atoms with E-state index in [1.54, 1.807) is 0 Å². The Labute approximate surface area is 134 Å². The van der Waals surface area contributed by atoms with Gasteiger partial charge in [-0.05, 0) is 38.1 Å². The first-order valence-electron chi connectivity index (χ1n) is 7.59. The van der Waals surface area contributed by atoms with Crippen LogP contribution in [0.4, 0.5) is 10.5 Å². The van der Waals surface area contributed by atoms with Crippen molar-refractivity contribution in [3.8, 4) is 0 Å². The number of benzene rings is 1. The molecule has 0 unspecified atom stereocenters. The highest BCUT2D eigenvalue weighted by Gasteiger charge is 2.23. The maximum atomic E-state index is 11.9. The average molecular weight is 320 g/mol. The van der Waals surface area contributed by atoms with Gasteiger partial charge in [-0.25, -0.2) is 4.79 Å². The van der Waals surface area contributed by atoms with Crippen LogP contribution in [0, 0.1) is 10.1 Å². The Balaban J connectivity index is 1.82. The summed E-state index contributed by atoms with van der Waals surface area (Å²) in [5.74, 6) is -0.587. The molecule has 0 aliphatic carbocycles. The number of imide groups is 1. The molecule has 1 fully saturated rings. The topological polar surface area (TPSA) is 105 Å². The Morgan fingerprint density at radius 1 is 1.35 bits per heavy atom. The van der Waals surface area contributed by atoms with Crippen molar-refractivity contribution < 1.29 is 14.5 Å². The molecule has 2 N–H and O–H groups in total. The van der Waals surface area contributed by atoms with Crippen LogP contribution in [0.2, 0.25) is 0 Å². The summed E-state index contributed by atoms with van der Waals surface area (Å²) >= 11 is 0. The van der Waals surface area contributed by atoms with Crippen LogP contribution in [0.1, 0.15) is 30.1 Å². The van der Waals surface area contributed by atoms with Crippen molar-refractivity contribution in [1.29, 1.82) is 0 Å². The second kappa shape index (κ2) is 7.68. The number of nitro groups is 1. The number of carbonyl (C=O) groups is 2. The van der Waals surface area contributed by atoms with Crippen LogP contribution in [0.15, 0.2) is 24.3 Å². The Hall–Kier alpha value is -2.48. The molecule has 0 aromatic heterocycles. The largest absolute Gasteiger partial charge is 0.336 e. The van der Waals surface area contributed by atoms with Crippen LogP contribution in [0.3, 0.4) is 0 Å². The number of rotatable bonds is 5. The number of likely N-dealkylation sites (tertiary alicyclic amines) is 1. The fourth-order valence-corrected chi connectivity index (χ4v) is 2.71. The molecule has 8 heteroatoms. The SMILES string of the molecule is CCN1CCC[C@@H]1CNC(=O)NC(=O)c1ccc([N+](=O)[O-])cc1. The molecule has 1 aliphatic rings. The summed E-state index contributed by atoms with van der Waals surface area (Å²) in [7, 11) is 0. The second-order valence-electron chi connectivity index (χ2n) is 5.39. The average Bonchev–Trinajstić information content (AvgIpc) is 3.00. The van der Waals surface area contributed by atoms with E-state index in [2.05, 4.69) is 22.5 Å². The number of carbonyl (C=O) groups excluding carboxylic acids is 2. The van der Waals surface area contributed by atoms with Crippen LogP contribution in [0.5, 0.6) is 0 Å². The third-order valence-electron chi connectivity index (χ3n) is 3.97. The van der Waals surface area contributed by atoms with Crippen LogP contribution in [-0.2, 0) is 0 Å². The number of nitrogens with one attached hydrogen (secondary N) is 2. The van der Waals surface area contributed by atoms with Gasteiger partial charge in [-0.15, -0.1) is 0 Å². The number of urea groups is 1. The third kappa shape index (κ3) is 4.49. The molecular weight excluding hydrogens is 300 g/mol. The third-order valence-corrected chi connectivity index (χ3v) is 3.97. The quantitative estimate of drug-likeness (QED) is 0.632. The van der Waals surface area contributed by atoms with Crippen LogP contribution >= 0.6 is 0 Å². The molecule has 0 radical (unpaired) electrons. The van der Waals surface area contributed by atoms with Gasteiger partial charge in [0.15, 0.2) is 0 Å².